The number of benzene rings is 2. The minimum atomic E-state index is 0.888. The molecule has 0 aliphatic rings. The van der Waals surface area contributed by atoms with Gasteiger partial charge in [-0.1, -0.05) is 54.1 Å². The Bertz CT molecular complexity index is 711. The fourth-order valence-electron chi connectivity index (χ4n) is 2.48. The van der Waals surface area contributed by atoms with Crippen LogP contribution in [-0.4, -0.2) is 9.97 Å². The zero-order valence-electron chi connectivity index (χ0n) is 11.9. The summed E-state index contributed by atoms with van der Waals surface area (Å²) in [6.07, 6.45) is 2.82. The van der Waals surface area contributed by atoms with Crippen LogP contribution in [0.15, 0.2) is 54.7 Å². The lowest BCUT2D eigenvalue weighted by molar-refractivity contribution is 1.11. The number of aromatic nitrogens is 2. The summed E-state index contributed by atoms with van der Waals surface area (Å²) in [4.78, 5) is 7.94. The second-order valence-electron chi connectivity index (χ2n) is 5.24. The Morgan fingerprint density at radius 2 is 1.80 bits per heavy atom. The summed E-state index contributed by atoms with van der Waals surface area (Å²) < 4.78 is 0. The minimum absolute atomic E-state index is 0.888. The smallest absolute Gasteiger partial charge is 0.137 e. The number of H-pyrrole nitrogens is 1. The predicted octanol–water partition coefficient (Wildman–Crippen LogP) is 4.28. The highest BCUT2D eigenvalue weighted by molar-refractivity contribution is 5.60. The van der Waals surface area contributed by atoms with Crippen molar-refractivity contribution in [2.24, 2.45) is 0 Å². The quantitative estimate of drug-likeness (QED) is 0.749. The molecule has 1 N–H and O–H groups in total. The molecule has 3 aromatic rings. The number of nitrogens with zero attached hydrogens (tertiary/aromatic N) is 1. The van der Waals surface area contributed by atoms with E-state index in [0.717, 1.165) is 17.9 Å². The number of aryl methyl sites for hydroxylation is 2. The molecule has 0 aliphatic heterocycles. The molecule has 0 fully saturated rings. The van der Waals surface area contributed by atoms with E-state index in [0.29, 0.717) is 0 Å². The summed E-state index contributed by atoms with van der Waals surface area (Å²) in [5.41, 5.74) is 6.15. The van der Waals surface area contributed by atoms with E-state index >= 15 is 0 Å². The van der Waals surface area contributed by atoms with Gasteiger partial charge in [-0.25, -0.2) is 4.98 Å². The molecule has 2 nitrogen and oxygen atoms in total. The van der Waals surface area contributed by atoms with Crippen LogP contribution in [0.25, 0.3) is 11.4 Å². The average Bonchev–Trinajstić information content (AvgIpc) is 2.88. The maximum atomic E-state index is 4.52. The summed E-state index contributed by atoms with van der Waals surface area (Å²) in [5.74, 6) is 0.952. The maximum Gasteiger partial charge on any atom is 0.137 e. The van der Waals surface area contributed by atoms with Crippen molar-refractivity contribution < 1.29 is 0 Å². The van der Waals surface area contributed by atoms with Crippen molar-refractivity contribution in [3.05, 3.63) is 77.1 Å². The fourth-order valence-corrected chi connectivity index (χ4v) is 2.48. The minimum Gasteiger partial charge on any atom is -0.342 e. The Morgan fingerprint density at radius 1 is 1.00 bits per heavy atom. The van der Waals surface area contributed by atoms with Gasteiger partial charge in [0.1, 0.15) is 5.82 Å². The van der Waals surface area contributed by atoms with Crippen LogP contribution in [0.2, 0.25) is 0 Å². The summed E-state index contributed by atoms with van der Waals surface area (Å²) in [6, 6.07) is 16.9. The second kappa shape index (κ2) is 5.33. The van der Waals surface area contributed by atoms with Crippen molar-refractivity contribution in [2.45, 2.75) is 20.3 Å². The SMILES string of the molecule is Cc1ccc(-c2ncc(Cc3ccccc3)[nH]2)c(C)c1. The maximum absolute atomic E-state index is 4.52. The van der Waals surface area contributed by atoms with E-state index in [1.807, 2.05) is 12.3 Å². The summed E-state index contributed by atoms with van der Waals surface area (Å²) in [7, 11) is 0. The van der Waals surface area contributed by atoms with Crippen LogP contribution in [0, 0.1) is 13.8 Å². The van der Waals surface area contributed by atoms with E-state index in [1.54, 1.807) is 0 Å². The summed E-state index contributed by atoms with van der Waals surface area (Å²) in [6.45, 7) is 4.24. The molecule has 0 spiro atoms. The number of nitrogens with one attached hydrogen (secondary N) is 1. The van der Waals surface area contributed by atoms with Gasteiger partial charge in [0.25, 0.3) is 0 Å². The largest absolute Gasteiger partial charge is 0.342 e. The number of hydrogen-bond acceptors (Lipinski definition) is 1. The molecule has 3 rings (SSSR count). The molecule has 1 heterocycles. The van der Waals surface area contributed by atoms with Crippen LogP contribution >= 0.6 is 0 Å². The Labute approximate surface area is 119 Å². The molecule has 0 saturated carbocycles. The Balaban J connectivity index is 1.87. The van der Waals surface area contributed by atoms with Crippen molar-refractivity contribution in [1.29, 1.82) is 0 Å². The number of aromatic amines is 1. The molecule has 0 atom stereocenters. The van der Waals surface area contributed by atoms with Crippen molar-refractivity contribution >= 4 is 0 Å². The molecule has 0 bridgehead atoms. The first kappa shape index (κ1) is 12.7. The monoisotopic (exact) mass is 262 g/mol. The van der Waals surface area contributed by atoms with Gasteiger partial charge >= 0.3 is 0 Å². The third kappa shape index (κ3) is 2.64. The van der Waals surface area contributed by atoms with Gasteiger partial charge in [0.2, 0.25) is 0 Å². The first-order valence-electron chi connectivity index (χ1n) is 6.88. The highest BCUT2D eigenvalue weighted by atomic mass is 14.9. The lowest BCUT2D eigenvalue weighted by atomic mass is 10.1. The van der Waals surface area contributed by atoms with Gasteiger partial charge in [0, 0.05) is 23.9 Å². The van der Waals surface area contributed by atoms with Crippen molar-refractivity contribution in [1.82, 2.24) is 9.97 Å². The molecule has 0 amide bonds. The lowest BCUT2D eigenvalue weighted by Crippen LogP contribution is -1.89. The van der Waals surface area contributed by atoms with Crippen LogP contribution in [0.1, 0.15) is 22.4 Å². The third-order valence-electron chi connectivity index (χ3n) is 3.50. The standard InChI is InChI=1S/C18H18N2/c1-13-8-9-17(14(2)10-13)18-19-12-16(20-18)11-15-6-4-3-5-7-15/h3-10,12H,11H2,1-2H3,(H,19,20). The first-order valence-corrected chi connectivity index (χ1v) is 6.88. The van der Waals surface area contributed by atoms with E-state index in [2.05, 4.69) is 66.3 Å². The number of rotatable bonds is 3. The molecule has 20 heavy (non-hydrogen) atoms. The lowest BCUT2D eigenvalue weighted by Gasteiger charge is -2.03. The third-order valence-corrected chi connectivity index (χ3v) is 3.50. The first-order chi connectivity index (χ1) is 9.72. The van der Waals surface area contributed by atoms with E-state index in [9.17, 15) is 0 Å². The number of imidazole rings is 1. The molecule has 0 aliphatic carbocycles. The van der Waals surface area contributed by atoms with Crippen LogP contribution in [-0.2, 0) is 6.42 Å². The van der Waals surface area contributed by atoms with Crippen molar-refractivity contribution in [3.8, 4) is 11.4 Å². The van der Waals surface area contributed by atoms with E-state index in [-0.39, 0.29) is 0 Å². The topological polar surface area (TPSA) is 28.7 Å². The van der Waals surface area contributed by atoms with Gasteiger partial charge in [-0.15, -0.1) is 0 Å². The normalized spacial score (nSPS) is 10.7. The van der Waals surface area contributed by atoms with Gasteiger partial charge in [-0.2, -0.15) is 0 Å². The van der Waals surface area contributed by atoms with E-state index in [1.165, 1.54) is 22.3 Å². The Morgan fingerprint density at radius 3 is 2.55 bits per heavy atom. The van der Waals surface area contributed by atoms with Crippen LogP contribution in [0.4, 0.5) is 0 Å². The van der Waals surface area contributed by atoms with Gasteiger partial charge in [-0.05, 0) is 25.0 Å². The van der Waals surface area contributed by atoms with E-state index < -0.39 is 0 Å². The fraction of sp³-hybridized carbons (Fsp3) is 0.167. The highest BCUT2D eigenvalue weighted by Gasteiger charge is 2.07. The van der Waals surface area contributed by atoms with Crippen LogP contribution < -0.4 is 0 Å². The van der Waals surface area contributed by atoms with Gasteiger partial charge in [0.05, 0.1) is 0 Å². The number of hydrogen-bond donors (Lipinski definition) is 1. The highest BCUT2D eigenvalue weighted by Crippen LogP contribution is 2.22. The van der Waals surface area contributed by atoms with E-state index in [4.69, 9.17) is 0 Å². The van der Waals surface area contributed by atoms with Crippen molar-refractivity contribution in [3.63, 3.8) is 0 Å². The van der Waals surface area contributed by atoms with Crippen LogP contribution in [0.3, 0.4) is 0 Å². The summed E-state index contributed by atoms with van der Waals surface area (Å²) >= 11 is 0. The molecule has 2 aromatic carbocycles. The molecule has 0 saturated heterocycles. The zero-order valence-corrected chi connectivity index (χ0v) is 11.9. The van der Waals surface area contributed by atoms with Crippen LogP contribution in [0.5, 0.6) is 0 Å². The predicted molar refractivity (Wildman–Crippen MR) is 82.7 cm³/mol. The van der Waals surface area contributed by atoms with Crippen molar-refractivity contribution in [2.75, 3.05) is 0 Å². The molecular formula is C18H18N2. The second-order valence-corrected chi connectivity index (χ2v) is 5.24. The molecule has 1 aromatic heterocycles. The molecule has 0 unspecified atom stereocenters. The molecule has 100 valence electrons. The molecule has 0 radical (unpaired) electrons. The zero-order chi connectivity index (χ0) is 13.9. The van der Waals surface area contributed by atoms with Gasteiger partial charge in [0.15, 0.2) is 0 Å². The molecule has 2 heteroatoms. The Kier molecular flexibility index (Phi) is 3.38. The van der Waals surface area contributed by atoms with Gasteiger partial charge < -0.3 is 4.98 Å². The van der Waals surface area contributed by atoms with Gasteiger partial charge in [-0.3, -0.25) is 0 Å². The average molecular weight is 262 g/mol. The molecular weight excluding hydrogens is 244 g/mol. The summed E-state index contributed by atoms with van der Waals surface area (Å²) in [5, 5.41) is 0. The Hall–Kier alpha value is -2.35.